The number of carbonyl (C=O) groups excluding carboxylic acids is 2. The number of rotatable bonds is 8. The average molecular weight is 257 g/mol. The normalized spacial score (nSPS) is 9.47. The van der Waals surface area contributed by atoms with Crippen LogP contribution in [-0.2, 0) is 9.59 Å². The van der Waals surface area contributed by atoms with E-state index in [9.17, 15) is 9.59 Å². The van der Waals surface area contributed by atoms with Crippen LogP contribution in [0.1, 0.15) is 19.8 Å². The molecule has 0 saturated heterocycles. The van der Waals surface area contributed by atoms with Gasteiger partial charge in [0.2, 0.25) is 11.8 Å². The third kappa shape index (κ3) is 8.57. The highest BCUT2D eigenvalue weighted by molar-refractivity contribution is 8.00. The lowest BCUT2D eigenvalue weighted by Gasteiger charge is -2.14. The lowest BCUT2D eigenvalue weighted by Crippen LogP contribution is -2.30. The molecule has 0 aromatic carbocycles. The number of nitrogens with one attached hydrogen (secondary N) is 1. The Balaban J connectivity index is 3.63. The summed E-state index contributed by atoms with van der Waals surface area (Å²) in [4.78, 5) is 24.2. The maximum Gasteiger partial charge on any atom is 0.232 e. The molecule has 0 aromatic heterocycles. The summed E-state index contributed by atoms with van der Waals surface area (Å²) in [6, 6.07) is 1.99. The van der Waals surface area contributed by atoms with E-state index in [2.05, 4.69) is 5.32 Å². The number of thioether (sulfide) groups is 1. The van der Waals surface area contributed by atoms with Crippen molar-refractivity contribution < 1.29 is 9.59 Å². The Morgan fingerprint density at radius 3 is 2.71 bits per heavy atom. The molecule has 0 unspecified atom stereocenters. The molecular formula is C11H19N3O2S. The molecule has 0 radical (unpaired) electrons. The molecule has 6 heteroatoms. The van der Waals surface area contributed by atoms with Crippen LogP contribution >= 0.6 is 11.8 Å². The number of hydrogen-bond donors (Lipinski definition) is 1. The summed E-state index contributed by atoms with van der Waals surface area (Å²) in [6.07, 6.45) is 1.25. The van der Waals surface area contributed by atoms with Crippen molar-refractivity contribution in [2.45, 2.75) is 19.8 Å². The summed E-state index contributed by atoms with van der Waals surface area (Å²) < 4.78 is 0. The van der Waals surface area contributed by atoms with E-state index in [1.54, 1.807) is 7.05 Å². The van der Waals surface area contributed by atoms with Gasteiger partial charge in [-0.25, -0.2) is 0 Å². The van der Waals surface area contributed by atoms with Crippen molar-refractivity contribution in [1.29, 1.82) is 5.26 Å². The molecule has 0 aliphatic carbocycles. The van der Waals surface area contributed by atoms with Crippen LogP contribution in [0.15, 0.2) is 0 Å². The third-order valence-corrected chi connectivity index (χ3v) is 2.93. The van der Waals surface area contributed by atoms with Crippen molar-refractivity contribution in [3.63, 3.8) is 0 Å². The van der Waals surface area contributed by atoms with E-state index >= 15 is 0 Å². The second-order valence-electron chi connectivity index (χ2n) is 3.57. The van der Waals surface area contributed by atoms with Crippen molar-refractivity contribution in [1.82, 2.24) is 10.2 Å². The Morgan fingerprint density at radius 1 is 1.41 bits per heavy atom. The van der Waals surface area contributed by atoms with Gasteiger partial charge in [-0.15, -0.1) is 11.8 Å². The van der Waals surface area contributed by atoms with Crippen molar-refractivity contribution in [3.05, 3.63) is 0 Å². The highest BCUT2D eigenvalue weighted by Crippen LogP contribution is 2.01. The second-order valence-corrected chi connectivity index (χ2v) is 4.55. The lowest BCUT2D eigenvalue weighted by molar-refractivity contribution is -0.127. The zero-order valence-corrected chi connectivity index (χ0v) is 11.2. The van der Waals surface area contributed by atoms with Crippen LogP contribution in [0, 0.1) is 11.3 Å². The van der Waals surface area contributed by atoms with Crippen molar-refractivity contribution >= 4 is 23.6 Å². The molecule has 0 rings (SSSR count). The van der Waals surface area contributed by atoms with E-state index in [4.69, 9.17) is 5.26 Å². The summed E-state index contributed by atoms with van der Waals surface area (Å²) in [5.41, 5.74) is 0. The molecule has 96 valence electrons. The molecule has 0 fully saturated rings. The zero-order chi connectivity index (χ0) is 13.1. The second kappa shape index (κ2) is 9.97. The van der Waals surface area contributed by atoms with Crippen molar-refractivity contribution in [2.24, 2.45) is 0 Å². The fourth-order valence-corrected chi connectivity index (χ4v) is 1.78. The monoisotopic (exact) mass is 257 g/mol. The molecule has 5 nitrogen and oxygen atoms in total. The molecule has 0 saturated carbocycles. The van der Waals surface area contributed by atoms with Gasteiger partial charge in [0.05, 0.1) is 24.0 Å². The molecule has 2 amide bonds. The standard InChI is InChI=1S/C11H19N3O2S/c1-3-6-13-10(15)8-17-9-11(16)14(2)7-4-5-12/h3-4,6-9H2,1-2H3,(H,13,15). The first-order valence-corrected chi connectivity index (χ1v) is 6.72. The zero-order valence-electron chi connectivity index (χ0n) is 10.4. The largest absolute Gasteiger partial charge is 0.355 e. The van der Waals surface area contributed by atoms with E-state index in [0.29, 0.717) is 25.3 Å². The van der Waals surface area contributed by atoms with Gasteiger partial charge in [0, 0.05) is 20.1 Å². The Labute approximate surface area is 107 Å². The highest BCUT2D eigenvalue weighted by Gasteiger charge is 2.09. The van der Waals surface area contributed by atoms with Crippen molar-refractivity contribution in [2.75, 3.05) is 31.6 Å². The van der Waals surface area contributed by atoms with Gasteiger partial charge in [-0.3, -0.25) is 9.59 Å². The van der Waals surface area contributed by atoms with E-state index < -0.39 is 0 Å². The van der Waals surface area contributed by atoms with E-state index in [0.717, 1.165) is 6.42 Å². The first-order chi connectivity index (χ1) is 8.11. The van der Waals surface area contributed by atoms with E-state index in [1.165, 1.54) is 16.7 Å². The quantitative estimate of drug-likeness (QED) is 0.691. The molecule has 0 aliphatic rings. The van der Waals surface area contributed by atoms with Gasteiger partial charge in [-0.1, -0.05) is 6.92 Å². The minimum absolute atomic E-state index is 0.0377. The van der Waals surface area contributed by atoms with Crippen LogP contribution in [0.5, 0.6) is 0 Å². The Kier molecular flexibility index (Phi) is 9.25. The first-order valence-electron chi connectivity index (χ1n) is 5.57. The summed E-state index contributed by atoms with van der Waals surface area (Å²) >= 11 is 1.30. The van der Waals surface area contributed by atoms with Crippen LogP contribution < -0.4 is 5.32 Å². The lowest BCUT2D eigenvalue weighted by atomic mass is 10.4. The van der Waals surface area contributed by atoms with E-state index in [1.807, 2.05) is 13.0 Å². The summed E-state index contributed by atoms with van der Waals surface area (Å²) in [5.74, 6) is 0.497. The van der Waals surface area contributed by atoms with Gasteiger partial charge in [0.25, 0.3) is 0 Å². The summed E-state index contributed by atoms with van der Waals surface area (Å²) in [5, 5.41) is 11.1. The first kappa shape index (κ1) is 15.8. The minimum atomic E-state index is -0.0476. The van der Waals surface area contributed by atoms with Crippen LogP contribution in [0.4, 0.5) is 0 Å². The topological polar surface area (TPSA) is 73.2 Å². The Bertz CT molecular complexity index is 289. The third-order valence-electron chi connectivity index (χ3n) is 2.02. The predicted octanol–water partition coefficient (Wildman–Crippen LogP) is 0.618. The van der Waals surface area contributed by atoms with Gasteiger partial charge < -0.3 is 10.2 Å². The SMILES string of the molecule is CCCNC(=O)CSCC(=O)N(C)CCC#N. The molecule has 0 heterocycles. The minimum Gasteiger partial charge on any atom is -0.355 e. The number of hydrogen-bond acceptors (Lipinski definition) is 4. The Morgan fingerprint density at radius 2 is 2.12 bits per heavy atom. The van der Waals surface area contributed by atoms with Crippen LogP contribution in [0.25, 0.3) is 0 Å². The van der Waals surface area contributed by atoms with Crippen LogP contribution in [-0.4, -0.2) is 48.4 Å². The smallest absolute Gasteiger partial charge is 0.232 e. The fourth-order valence-electron chi connectivity index (χ4n) is 0.999. The van der Waals surface area contributed by atoms with E-state index in [-0.39, 0.29) is 17.6 Å². The molecule has 0 aliphatic heterocycles. The fraction of sp³-hybridized carbons (Fsp3) is 0.727. The number of nitrogens with zero attached hydrogens (tertiary/aromatic N) is 2. The maximum atomic E-state index is 11.5. The molecule has 1 N–H and O–H groups in total. The molecule has 0 aromatic rings. The molecule has 0 bridgehead atoms. The summed E-state index contributed by atoms with van der Waals surface area (Å²) in [7, 11) is 1.66. The number of carbonyl (C=O) groups is 2. The Hall–Kier alpha value is -1.22. The molecular weight excluding hydrogens is 238 g/mol. The van der Waals surface area contributed by atoms with Gasteiger partial charge in [0.1, 0.15) is 0 Å². The van der Waals surface area contributed by atoms with Gasteiger partial charge >= 0.3 is 0 Å². The average Bonchev–Trinajstić information content (AvgIpc) is 2.33. The maximum absolute atomic E-state index is 11.5. The molecule has 0 spiro atoms. The van der Waals surface area contributed by atoms with Crippen molar-refractivity contribution in [3.8, 4) is 6.07 Å². The number of nitriles is 1. The highest BCUT2D eigenvalue weighted by atomic mass is 32.2. The van der Waals surface area contributed by atoms with Crippen LogP contribution in [0.3, 0.4) is 0 Å². The van der Waals surface area contributed by atoms with Gasteiger partial charge in [-0.2, -0.15) is 5.26 Å². The molecule has 0 atom stereocenters. The van der Waals surface area contributed by atoms with Crippen LogP contribution in [0.2, 0.25) is 0 Å². The number of amides is 2. The molecule has 17 heavy (non-hydrogen) atoms. The van der Waals surface area contributed by atoms with Gasteiger partial charge in [0.15, 0.2) is 0 Å². The predicted molar refractivity (Wildman–Crippen MR) is 68.5 cm³/mol. The summed E-state index contributed by atoms with van der Waals surface area (Å²) in [6.45, 7) is 3.11. The van der Waals surface area contributed by atoms with Gasteiger partial charge in [-0.05, 0) is 6.42 Å².